The van der Waals surface area contributed by atoms with E-state index >= 15 is 0 Å². The second-order valence-corrected chi connectivity index (χ2v) is 6.86. The van der Waals surface area contributed by atoms with Crippen molar-refractivity contribution < 1.29 is 35.8 Å². The lowest BCUT2D eigenvalue weighted by molar-refractivity contribution is 0.0697. The summed E-state index contributed by atoms with van der Waals surface area (Å²) in [5.41, 5.74) is -0.456. The van der Waals surface area contributed by atoms with Crippen molar-refractivity contribution in [3.63, 3.8) is 0 Å². The second kappa shape index (κ2) is 4.77. The molecule has 0 aromatic heterocycles. The fraction of sp³-hybridized carbons (Fsp3) is 0. The van der Waals surface area contributed by atoms with Crippen LogP contribution in [0.2, 0.25) is 0 Å². The van der Waals surface area contributed by atoms with E-state index in [1.807, 2.05) is 0 Å². The molecule has 0 heterocycles. The van der Waals surface area contributed by atoms with Gasteiger partial charge in [-0.2, -0.15) is 16.8 Å². The Labute approximate surface area is 119 Å². The molecule has 21 heavy (non-hydrogen) atoms. The number of hydrogen-bond donors (Lipinski definition) is 3. The quantitative estimate of drug-likeness (QED) is 0.706. The predicted molar refractivity (Wildman–Crippen MR) is 70.5 cm³/mol. The van der Waals surface area contributed by atoms with Gasteiger partial charge in [-0.25, -0.2) is 4.79 Å². The summed E-state index contributed by atoms with van der Waals surface area (Å²) in [6.45, 7) is 0. The lowest BCUT2D eigenvalue weighted by Crippen LogP contribution is -2.07. The van der Waals surface area contributed by atoms with Gasteiger partial charge >= 0.3 is 5.97 Å². The normalized spacial score (nSPS) is 12.5. The van der Waals surface area contributed by atoms with E-state index in [1.54, 1.807) is 0 Å². The molecule has 2 rings (SSSR count). The third-order valence-corrected chi connectivity index (χ3v) is 4.48. The Morgan fingerprint density at radius 3 is 1.95 bits per heavy atom. The number of rotatable bonds is 3. The number of carboxylic acids is 1. The average Bonchev–Trinajstić information content (AvgIpc) is 2.34. The Bertz CT molecular complexity index is 957. The Hall–Kier alpha value is -2.01. The van der Waals surface area contributed by atoms with E-state index in [0.717, 1.165) is 12.1 Å². The Balaban J connectivity index is 3.12. The van der Waals surface area contributed by atoms with Gasteiger partial charge in [0, 0.05) is 5.39 Å². The van der Waals surface area contributed by atoms with Crippen molar-refractivity contribution >= 4 is 37.0 Å². The number of carbonyl (C=O) groups is 1. The third kappa shape index (κ3) is 2.88. The van der Waals surface area contributed by atoms with E-state index in [0.29, 0.717) is 6.07 Å². The lowest BCUT2D eigenvalue weighted by Gasteiger charge is -2.09. The summed E-state index contributed by atoms with van der Waals surface area (Å²) in [5.74, 6) is -1.46. The van der Waals surface area contributed by atoms with Gasteiger partial charge in [0.05, 0.1) is 5.56 Å². The van der Waals surface area contributed by atoms with Crippen LogP contribution in [0.5, 0.6) is 0 Å². The van der Waals surface area contributed by atoms with Gasteiger partial charge < -0.3 is 5.11 Å². The molecule has 0 radical (unpaired) electrons. The maximum atomic E-state index is 11.4. The van der Waals surface area contributed by atoms with Crippen LogP contribution in [0.3, 0.4) is 0 Å². The van der Waals surface area contributed by atoms with E-state index < -0.39 is 46.9 Å². The zero-order chi connectivity index (χ0) is 16.0. The second-order valence-electron chi connectivity index (χ2n) is 4.08. The molecular formula is C11H8O8S2. The van der Waals surface area contributed by atoms with E-state index in [9.17, 15) is 26.2 Å². The summed E-state index contributed by atoms with van der Waals surface area (Å²) in [6.07, 6.45) is 0. The Kier molecular flexibility index (Phi) is 3.49. The van der Waals surface area contributed by atoms with Crippen LogP contribution in [0.15, 0.2) is 40.1 Å². The number of fused-ring (bicyclic) bond motifs is 1. The first-order valence-electron chi connectivity index (χ1n) is 5.27. The van der Waals surface area contributed by atoms with Crippen molar-refractivity contribution in [2.45, 2.75) is 9.79 Å². The first-order valence-corrected chi connectivity index (χ1v) is 8.15. The molecule has 0 bridgehead atoms. The maximum Gasteiger partial charge on any atom is 0.335 e. The fourth-order valence-corrected chi connectivity index (χ4v) is 3.46. The summed E-state index contributed by atoms with van der Waals surface area (Å²) in [5, 5.41) is 8.37. The third-order valence-electron chi connectivity index (χ3n) is 2.71. The number of benzene rings is 2. The van der Waals surface area contributed by atoms with Crippen LogP contribution in [-0.4, -0.2) is 37.0 Å². The molecule has 10 heteroatoms. The molecular weight excluding hydrogens is 324 g/mol. The Morgan fingerprint density at radius 2 is 1.48 bits per heavy atom. The standard InChI is InChI=1S/C11H8O8S2/c12-11(13)7-4-6-2-1-3-8(20(14,15)16)10(6)9(5-7)21(17,18)19/h1-5H,(H,12,13)(H,14,15,16)(H,17,18,19). The van der Waals surface area contributed by atoms with Crippen LogP contribution in [0, 0.1) is 0 Å². The van der Waals surface area contributed by atoms with Gasteiger partial charge in [0.15, 0.2) is 0 Å². The molecule has 2 aromatic rings. The molecule has 0 aliphatic rings. The molecule has 112 valence electrons. The van der Waals surface area contributed by atoms with E-state index in [4.69, 9.17) is 9.66 Å². The van der Waals surface area contributed by atoms with Crippen LogP contribution in [0.4, 0.5) is 0 Å². The highest BCUT2D eigenvalue weighted by molar-refractivity contribution is 7.87. The fourth-order valence-electron chi connectivity index (χ4n) is 1.90. The topological polar surface area (TPSA) is 146 Å². The van der Waals surface area contributed by atoms with Gasteiger partial charge in [0.1, 0.15) is 9.79 Å². The highest BCUT2D eigenvalue weighted by Crippen LogP contribution is 2.30. The van der Waals surface area contributed by atoms with Crippen LogP contribution in [0.25, 0.3) is 10.8 Å². The van der Waals surface area contributed by atoms with Gasteiger partial charge in [-0.1, -0.05) is 12.1 Å². The number of aromatic carboxylic acids is 1. The Morgan fingerprint density at radius 1 is 0.905 bits per heavy atom. The molecule has 0 saturated carbocycles. The molecule has 0 fully saturated rings. The average molecular weight is 332 g/mol. The first kappa shape index (κ1) is 15.4. The number of carboxylic acid groups (broad SMARTS) is 1. The van der Waals surface area contributed by atoms with Crippen molar-refractivity contribution in [3.8, 4) is 0 Å². The van der Waals surface area contributed by atoms with Crippen LogP contribution in [-0.2, 0) is 20.2 Å². The molecule has 0 amide bonds. The smallest absolute Gasteiger partial charge is 0.335 e. The van der Waals surface area contributed by atoms with Gasteiger partial charge in [-0.05, 0) is 23.6 Å². The van der Waals surface area contributed by atoms with E-state index in [1.165, 1.54) is 12.1 Å². The zero-order valence-electron chi connectivity index (χ0n) is 10.1. The summed E-state index contributed by atoms with van der Waals surface area (Å²) in [4.78, 5) is 9.30. The van der Waals surface area contributed by atoms with Crippen molar-refractivity contribution in [3.05, 3.63) is 35.9 Å². The summed E-state index contributed by atoms with van der Waals surface area (Å²) >= 11 is 0. The predicted octanol–water partition coefficient (Wildman–Crippen LogP) is 1.03. The van der Waals surface area contributed by atoms with Gasteiger partial charge in [-0.15, -0.1) is 0 Å². The highest BCUT2D eigenvalue weighted by atomic mass is 32.2. The summed E-state index contributed by atoms with van der Waals surface area (Å²) in [7, 11) is -9.68. The molecule has 8 nitrogen and oxygen atoms in total. The first-order chi connectivity index (χ1) is 9.51. The SMILES string of the molecule is O=C(O)c1cc(S(=O)(=O)O)c2c(S(=O)(=O)O)cccc2c1. The largest absolute Gasteiger partial charge is 0.478 e. The van der Waals surface area contributed by atoms with E-state index in [2.05, 4.69) is 0 Å². The lowest BCUT2D eigenvalue weighted by atomic mass is 10.1. The van der Waals surface area contributed by atoms with Gasteiger partial charge in [0.2, 0.25) is 0 Å². The molecule has 0 unspecified atom stereocenters. The maximum absolute atomic E-state index is 11.4. The molecule has 0 saturated heterocycles. The molecule has 0 spiro atoms. The molecule has 3 N–H and O–H groups in total. The van der Waals surface area contributed by atoms with Gasteiger partial charge in [0.25, 0.3) is 20.2 Å². The molecule has 2 aromatic carbocycles. The molecule has 0 aliphatic heterocycles. The van der Waals surface area contributed by atoms with E-state index in [-0.39, 0.29) is 5.39 Å². The molecule has 0 aliphatic carbocycles. The van der Waals surface area contributed by atoms with Crippen molar-refractivity contribution in [2.24, 2.45) is 0 Å². The number of hydrogen-bond acceptors (Lipinski definition) is 5. The monoisotopic (exact) mass is 332 g/mol. The van der Waals surface area contributed by atoms with Crippen molar-refractivity contribution in [1.29, 1.82) is 0 Å². The van der Waals surface area contributed by atoms with Crippen LogP contribution < -0.4 is 0 Å². The molecule has 0 atom stereocenters. The van der Waals surface area contributed by atoms with Gasteiger partial charge in [-0.3, -0.25) is 9.11 Å². The summed E-state index contributed by atoms with van der Waals surface area (Å²) < 4.78 is 63.7. The summed E-state index contributed by atoms with van der Waals surface area (Å²) in [6, 6.07) is 5.04. The minimum Gasteiger partial charge on any atom is -0.478 e. The highest BCUT2D eigenvalue weighted by Gasteiger charge is 2.24. The van der Waals surface area contributed by atoms with Crippen molar-refractivity contribution in [1.82, 2.24) is 0 Å². The zero-order valence-corrected chi connectivity index (χ0v) is 11.7. The minimum atomic E-state index is -4.91. The van der Waals surface area contributed by atoms with Crippen molar-refractivity contribution in [2.75, 3.05) is 0 Å². The van der Waals surface area contributed by atoms with Crippen LogP contribution in [0.1, 0.15) is 10.4 Å². The minimum absolute atomic E-state index is 0.0716. The van der Waals surface area contributed by atoms with Crippen LogP contribution >= 0.6 is 0 Å².